The molecule has 1 aliphatic rings. The molecule has 4 nitrogen and oxygen atoms in total. The predicted octanol–water partition coefficient (Wildman–Crippen LogP) is 3.80. The van der Waals surface area contributed by atoms with Gasteiger partial charge in [-0.2, -0.15) is 5.10 Å². The first-order chi connectivity index (χ1) is 12.0. The van der Waals surface area contributed by atoms with Crippen molar-refractivity contribution in [2.45, 2.75) is 59.4 Å². The Balaban J connectivity index is 1.65. The first kappa shape index (κ1) is 17.7. The van der Waals surface area contributed by atoms with E-state index >= 15 is 0 Å². The van der Waals surface area contributed by atoms with Crippen molar-refractivity contribution in [3.05, 3.63) is 52.3 Å². The van der Waals surface area contributed by atoms with Gasteiger partial charge < -0.3 is 4.90 Å². The van der Waals surface area contributed by atoms with Crippen molar-refractivity contribution in [2.75, 3.05) is 13.1 Å². The summed E-state index contributed by atoms with van der Waals surface area (Å²) in [4.78, 5) is 14.5. The molecule has 3 rings (SSSR count). The lowest BCUT2D eigenvalue weighted by atomic mass is 10.1. The molecular formula is C21H29N3O. The standard InChI is InChI=1S/C21H29N3O/c1-16-7-9-19(10-8-16)15-24-18(3)20(17(2)22-24)11-12-21(25)23-13-5-4-6-14-23/h7-10H,4-6,11-15H2,1-3H3. The zero-order chi connectivity index (χ0) is 17.8. The summed E-state index contributed by atoms with van der Waals surface area (Å²) < 4.78 is 2.07. The molecule has 0 atom stereocenters. The lowest BCUT2D eigenvalue weighted by Gasteiger charge is -2.26. The Morgan fingerprint density at radius 1 is 1.04 bits per heavy atom. The third-order valence-electron chi connectivity index (χ3n) is 5.28. The quantitative estimate of drug-likeness (QED) is 0.831. The highest BCUT2D eigenvalue weighted by Gasteiger charge is 2.18. The van der Waals surface area contributed by atoms with Crippen molar-refractivity contribution in [1.82, 2.24) is 14.7 Å². The molecule has 0 bridgehead atoms. The molecule has 1 aromatic carbocycles. The summed E-state index contributed by atoms with van der Waals surface area (Å²) >= 11 is 0. The zero-order valence-electron chi connectivity index (χ0n) is 15.7. The van der Waals surface area contributed by atoms with Crippen molar-refractivity contribution < 1.29 is 4.79 Å². The molecule has 1 aromatic heterocycles. The van der Waals surface area contributed by atoms with Gasteiger partial charge in [-0.05, 0) is 57.6 Å². The number of carbonyl (C=O) groups excluding carboxylic acids is 1. The van der Waals surface area contributed by atoms with Crippen LogP contribution in [0.2, 0.25) is 0 Å². The fourth-order valence-electron chi connectivity index (χ4n) is 3.65. The number of rotatable bonds is 5. The van der Waals surface area contributed by atoms with Gasteiger partial charge in [-0.25, -0.2) is 0 Å². The highest BCUT2D eigenvalue weighted by molar-refractivity contribution is 5.76. The lowest BCUT2D eigenvalue weighted by Crippen LogP contribution is -2.35. The molecule has 1 fully saturated rings. The molecule has 0 radical (unpaired) electrons. The maximum Gasteiger partial charge on any atom is 0.222 e. The van der Waals surface area contributed by atoms with E-state index in [2.05, 4.69) is 49.7 Å². The lowest BCUT2D eigenvalue weighted by molar-refractivity contribution is -0.132. The maximum absolute atomic E-state index is 12.4. The number of aryl methyl sites for hydroxylation is 2. The minimum absolute atomic E-state index is 0.296. The third-order valence-corrected chi connectivity index (χ3v) is 5.28. The van der Waals surface area contributed by atoms with Gasteiger partial charge in [-0.15, -0.1) is 0 Å². The van der Waals surface area contributed by atoms with Crippen LogP contribution in [0.15, 0.2) is 24.3 Å². The SMILES string of the molecule is Cc1ccc(Cn2nc(C)c(CCC(=O)N3CCCCC3)c2C)cc1. The number of aromatic nitrogens is 2. The number of piperidine rings is 1. The second kappa shape index (κ2) is 7.85. The summed E-state index contributed by atoms with van der Waals surface area (Å²) in [6.45, 7) is 8.93. The van der Waals surface area contributed by atoms with Gasteiger partial charge in [0.2, 0.25) is 5.91 Å². The van der Waals surface area contributed by atoms with Crippen molar-refractivity contribution in [3.8, 4) is 0 Å². The summed E-state index contributed by atoms with van der Waals surface area (Å²) in [7, 11) is 0. The summed E-state index contributed by atoms with van der Waals surface area (Å²) in [5.41, 5.74) is 6.00. The average molecular weight is 339 g/mol. The van der Waals surface area contributed by atoms with Crippen molar-refractivity contribution >= 4 is 5.91 Å². The summed E-state index contributed by atoms with van der Waals surface area (Å²) in [6.07, 6.45) is 4.95. The molecule has 1 aliphatic heterocycles. The number of carbonyl (C=O) groups is 1. The Morgan fingerprint density at radius 3 is 2.40 bits per heavy atom. The average Bonchev–Trinajstić information content (AvgIpc) is 2.89. The Kier molecular flexibility index (Phi) is 5.57. The molecule has 1 saturated heterocycles. The van der Waals surface area contributed by atoms with E-state index in [1.165, 1.54) is 28.8 Å². The van der Waals surface area contributed by atoms with Crippen LogP contribution >= 0.6 is 0 Å². The van der Waals surface area contributed by atoms with Crippen LogP contribution in [0.5, 0.6) is 0 Å². The summed E-state index contributed by atoms with van der Waals surface area (Å²) in [5, 5.41) is 4.71. The smallest absolute Gasteiger partial charge is 0.222 e. The first-order valence-electron chi connectivity index (χ1n) is 9.41. The van der Waals surface area contributed by atoms with E-state index in [0.717, 1.165) is 44.6 Å². The Morgan fingerprint density at radius 2 is 1.72 bits per heavy atom. The largest absolute Gasteiger partial charge is 0.343 e. The normalized spacial score (nSPS) is 14.8. The van der Waals surface area contributed by atoms with Crippen molar-refractivity contribution in [2.24, 2.45) is 0 Å². The fraction of sp³-hybridized carbons (Fsp3) is 0.524. The number of benzene rings is 1. The van der Waals surface area contributed by atoms with Crippen LogP contribution in [0.1, 0.15) is 53.8 Å². The van der Waals surface area contributed by atoms with Crippen LogP contribution in [0.3, 0.4) is 0 Å². The number of nitrogens with zero attached hydrogens (tertiary/aromatic N) is 3. The molecule has 0 saturated carbocycles. The van der Waals surface area contributed by atoms with Crippen LogP contribution < -0.4 is 0 Å². The minimum atomic E-state index is 0.296. The van der Waals surface area contributed by atoms with Gasteiger partial charge in [0.1, 0.15) is 0 Å². The van der Waals surface area contributed by atoms with E-state index in [1.54, 1.807) is 0 Å². The molecule has 4 heteroatoms. The predicted molar refractivity (Wildman–Crippen MR) is 101 cm³/mol. The summed E-state index contributed by atoms with van der Waals surface area (Å²) in [6, 6.07) is 8.59. The van der Waals surface area contributed by atoms with Gasteiger partial charge in [0.25, 0.3) is 0 Å². The van der Waals surface area contributed by atoms with E-state index in [-0.39, 0.29) is 0 Å². The van der Waals surface area contributed by atoms with E-state index in [4.69, 9.17) is 5.10 Å². The van der Waals surface area contributed by atoms with Crippen molar-refractivity contribution in [3.63, 3.8) is 0 Å². The number of hydrogen-bond donors (Lipinski definition) is 0. The molecule has 134 valence electrons. The van der Waals surface area contributed by atoms with Crippen LogP contribution in [-0.2, 0) is 17.8 Å². The fourth-order valence-corrected chi connectivity index (χ4v) is 3.65. The maximum atomic E-state index is 12.4. The molecule has 0 aliphatic carbocycles. The van der Waals surface area contributed by atoms with Gasteiger partial charge in [0, 0.05) is 25.2 Å². The second-order valence-electron chi connectivity index (χ2n) is 7.23. The molecule has 2 aromatic rings. The van der Waals surface area contributed by atoms with Gasteiger partial charge in [-0.3, -0.25) is 9.48 Å². The molecule has 1 amide bonds. The minimum Gasteiger partial charge on any atom is -0.343 e. The Hall–Kier alpha value is -2.10. The zero-order valence-corrected chi connectivity index (χ0v) is 15.7. The molecule has 25 heavy (non-hydrogen) atoms. The van der Waals surface area contributed by atoms with Gasteiger partial charge in [0.05, 0.1) is 12.2 Å². The second-order valence-corrected chi connectivity index (χ2v) is 7.23. The van der Waals surface area contributed by atoms with E-state index < -0.39 is 0 Å². The van der Waals surface area contributed by atoms with Crippen LogP contribution in [0, 0.1) is 20.8 Å². The molecule has 0 spiro atoms. The monoisotopic (exact) mass is 339 g/mol. The van der Waals surface area contributed by atoms with Crippen molar-refractivity contribution in [1.29, 1.82) is 0 Å². The molecule has 0 N–H and O–H groups in total. The van der Waals surface area contributed by atoms with Gasteiger partial charge in [-0.1, -0.05) is 29.8 Å². The highest BCUT2D eigenvalue weighted by atomic mass is 16.2. The Labute approximate surface area is 150 Å². The van der Waals surface area contributed by atoms with Crippen LogP contribution in [-0.4, -0.2) is 33.7 Å². The van der Waals surface area contributed by atoms with E-state index in [9.17, 15) is 4.79 Å². The van der Waals surface area contributed by atoms with Crippen LogP contribution in [0.25, 0.3) is 0 Å². The number of hydrogen-bond acceptors (Lipinski definition) is 2. The topological polar surface area (TPSA) is 38.1 Å². The highest BCUT2D eigenvalue weighted by Crippen LogP contribution is 2.18. The molecule has 0 unspecified atom stereocenters. The number of likely N-dealkylation sites (tertiary alicyclic amines) is 1. The first-order valence-corrected chi connectivity index (χ1v) is 9.41. The number of amides is 1. The van der Waals surface area contributed by atoms with E-state index in [0.29, 0.717) is 12.3 Å². The van der Waals surface area contributed by atoms with Crippen LogP contribution in [0.4, 0.5) is 0 Å². The Bertz CT molecular complexity index is 724. The van der Waals surface area contributed by atoms with Gasteiger partial charge >= 0.3 is 0 Å². The molecular weight excluding hydrogens is 310 g/mol. The van der Waals surface area contributed by atoms with E-state index in [1.807, 2.05) is 4.90 Å². The molecule has 2 heterocycles. The summed E-state index contributed by atoms with van der Waals surface area (Å²) in [5.74, 6) is 0.296. The van der Waals surface area contributed by atoms with Gasteiger partial charge in [0.15, 0.2) is 0 Å². The third kappa shape index (κ3) is 4.30.